The van der Waals surface area contributed by atoms with Crippen molar-refractivity contribution in [1.29, 1.82) is 0 Å². The van der Waals surface area contributed by atoms with Crippen LogP contribution in [0.3, 0.4) is 0 Å². The molecule has 0 aliphatic carbocycles. The van der Waals surface area contributed by atoms with E-state index in [1.54, 1.807) is 16.9 Å². The van der Waals surface area contributed by atoms with Gasteiger partial charge in [-0.25, -0.2) is 9.67 Å². The van der Waals surface area contributed by atoms with Gasteiger partial charge in [-0.15, -0.1) is 11.3 Å². The van der Waals surface area contributed by atoms with Crippen LogP contribution in [0.25, 0.3) is 10.6 Å². The summed E-state index contributed by atoms with van der Waals surface area (Å²) in [6.45, 7) is 5.86. The number of hydrogen-bond acceptors (Lipinski definition) is 4. The molecule has 3 aromatic rings. The van der Waals surface area contributed by atoms with Crippen LogP contribution in [0.15, 0.2) is 36.5 Å². The second kappa shape index (κ2) is 6.75. The van der Waals surface area contributed by atoms with Crippen LogP contribution in [-0.2, 0) is 0 Å². The van der Waals surface area contributed by atoms with Crippen molar-refractivity contribution in [3.8, 4) is 10.6 Å². The third kappa shape index (κ3) is 3.34. The fourth-order valence-corrected chi connectivity index (χ4v) is 3.50. The van der Waals surface area contributed by atoms with Gasteiger partial charge in [-0.2, -0.15) is 5.10 Å². The van der Waals surface area contributed by atoms with E-state index in [0.29, 0.717) is 21.4 Å². The SMILES string of the molecule is Cc1nc(-c2cccc(Cl)c2)sc1C(=O)Nc1ccnn1C(C)C. The first kappa shape index (κ1) is 16.7. The average molecular weight is 361 g/mol. The molecule has 2 heterocycles. The third-order valence-electron chi connectivity index (χ3n) is 3.48. The molecule has 124 valence electrons. The van der Waals surface area contributed by atoms with E-state index in [4.69, 9.17) is 11.6 Å². The van der Waals surface area contributed by atoms with Gasteiger partial charge in [-0.05, 0) is 32.9 Å². The molecule has 1 aromatic carbocycles. The normalized spacial score (nSPS) is 11.0. The molecule has 0 bridgehead atoms. The largest absolute Gasteiger partial charge is 0.306 e. The van der Waals surface area contributed by atoms with Gasteiger partial charge in [0, 0.05) is 22.7 Å². The third-order valence-corrected chi connectivity index (χ3v) is 4.92. The summed E-state index contributed by atoms with van der Waals surface area (Å²) in [6.07, 6.45) is 1.67. The van der Waals surface area contributed by atoms with Gasteiger partial charge in [-0.1, -0.05) is 23.7 Å². The topological polar surface area (TPSA) is 59.8 Å². The fourth-order valence-electron chi connectivity index (χ4n) is 2.35. The molecule has 24 heavy (non-hydrogen) atoms. The molecule has 0 saturated carbocycles. The minimum absolute atomic E-state index is 0.167. The van der Waals surface area contributed by atoms with Crippen molar-refractivity contribution in [2.45, 2.75) is 26.8 Å². The predicted molar refractivity (Wildman–Crippen MR) is 97.9 cm³/mol. The molecule has 0 aliphatic heterocycles. The van der Waals surface area contributed by atoms with Crippen LogP contribution in [0.1, 0.15) is 35.3 Å². The minimum Gasteiger partial charge on any atom is -0.306 e. The number of hydrogen-bond donors (Lipinski definition) is 1. The van der Waals surface area contributed by atoms with Crippen molar-refractivity contribution in [1.82, 2.24) is 14.8 Å². The maximum atomic E-state index is 12.6. The summed E-state index contributed by atoms with van der Waals surface area (Å²) in [5.74, 6) is 0.493. The van der Waals surface area contributed by atoms with Crippen molar-refractivity contribution in [3.63, 3.8) is 0 Å². The van der Waals surface area contributed by atoms with Gasteiger partial charge in [0.25, 0.3) is 5.91 Å². The zero-order valence-electron chi connectivity index (χ0n) is 13.6. The highest BCUT2D eigenvalue weighted by Crippen LogP contribution is 2.30. The van der Waals surface area contributed by atoms with Crippen LogP contribution < -0.4 is 5.32 Å². The van der Waals surface area contributed by atoms with Gasteiger partial charge < -0.3 is 5.32 Å². The summed E-state index contributed by atoms with van der Waals surface area (Å²) in [7, 11) is 0. The lowest BCUT2D eigenvalue weighted by Crippen LogP contribution is -2.16. The van der Waals surface area contributed by atoms with Gasteiger partial charge in [0.05, 0.1) is 11.9 Å². The number of thiazole rings is 1. The zero-order chi connectivity index (χ0) is 17.3. The van der Waals surface area contributed by atoms with Crippen LogP contribution >= 0.6 is 22.9 Å². The summed E-state index contributed by atoms with van der Waals surface area (Å²) in [5, 5.41) is 8.55. The maximum absolute atomic E-state index is 12.6. The molecule has 0 unspecified atom stereocenters. The lowest BCUT2D eigenvalue weighted by atomic mass is 10.2. The van der Waals surface area contributed by atoms with Crippen LogP contribution in [-0.4, -0.2) is 20.7 Å². The molecule has 0 spiro atoms. The Morgan fingerprint density at radius 1 is 1.33 bits per heavy atom. The second-order valence-corrected chi connectivity index (χ2v) is 7.09. The number of nitrogens with one attached hydrogen (secondary N) is 1. The van der Waals surface area contributed by atoms with Crippen molar-refractivity contribution < 1.29 is 4.79 Å². The first-order valence-electron chi connectivity index (χ1n) is 7.54. The number of halogens is 1. The van der Waals surface area contributed by atoms with Crippen LogP contribution in [0.5, 0.6) is 0 Å². The summed E-state index contributed by atoms with van der Waals surface area (Å²) in [6, 6.07) is 9.41. The molecule has 7 heteroatoms. The highest BCUT2D eigenvalue weighted by molar-refractivity contribution is 7.17. The van der Waals surface area contributed by atoms with E-state index in [0.717, 1.165) is 10.6 Å². The van der Waals surface area contributed by atoms with E-state index in [1.165, 1.54) is 11.3 Å². The van der Waals surface area contributed by atoms with E-state index >= 15 is 0 Å². The molecule has 0 atom stereocenters. The Labute approximate surface area is 149 Å². The van der Waals surface area contributed by atoms with Crippen molar-refractivity contribution in [2.75, 3.05) is 5.32 Å². The highest BCUT2D eigenvalue weighted by atomic mass is 35.5. The Morgan fingerprint density at radius 2 is 2.12 bits per heavy atom. The van der Waals surface area contributed by atoms with Gasteiger partial charge in [0.15, 0.2) is 0 Å². The van der Waals surface area contributed by atoms with Crippen LogP contribution in [0.4, 0.5) is 5.82 Å². The molecule has 0 radical (unpaired) electrons. The first-order valence-corrected chi connectivity index (χ1v) is 8.73. The standard InChI is InChI=1S/C17H17ClN4OS/c1-10(2)22-14(7-8-19-22)21-16(23)15-11(3)20-17(24-15)12-5-4-6-13(18)9-12/h4-10H,1-3H3,(H,21,23). The van der Waals surface area contributed by atoms with Crippen molar-refractivity contribution >= 4 is 34.7 Å². The summed E-state index contributed by atoms with van der Waals surface area (Å²) >= 11 is 7.39. The molecular formula is C17H17ClN4OS. The lowest BCUT2D eigenvalue weighted by Gasteiger charge is -2.11. The Bertz CT molecular complexity index is 884. The quantitative estimate of drug-likeness (QED) is 0.726. The molecule has 5 nitrogen and oxygen atoms in total. The smallest absolute Gasteiger partial charge is 0.268 e. The summed E-state index contributed by atoms with van der Waals surface area (Å²) in [5.41, 5.74) is 1.60. The lowest BCUT2D eigenvalue weighted by molar-refractivity contribution is 0.102. The molecule has 0 fully saturated rings. The zero-order valence-corrected chi connectivity index (χ0v) is 15.1. The predicted octanol–water partition coefficient (Wildman–Crippen LogP) is 4.80. The highest BCUT2D eigenvalue weighted by Gasteiger charge is 2.18. The molecule has 0 aliphatic rings. The number of amides is 1. The number of rotatable bonds is 4. The molecule has 2 aromatic heterocycles. The van der Waals surface area contributed by atoms with E-state index in [1.807, 2.05) is 45.0 Å². The summed E-state index contributed by atoms with van der Waals surface area (Å²) in [4.78, 5) is 17.7. The minimum atomic E-state index is -0.180. The van der Waals surface area contributed by atoms with E-state index in [2.05, 4.69) is 15.4 Å². The van der Waals surface area contributed by atoms with Crippen LogP contribution in [0.2, 0.25) is 5.02 Å². The van der Waals surface area contributed by atoms with Crippen molar-refractivity contribution in [3.05, 3.63) is 52.1 Å². The Morgan fingerprint density at radius 3 is 2.83 bits per heavy atom. The van der Waals surface area contributed by atoms with E-state index in [-0.39, 0.29) is 11.9 Å². The average Bonchev–Trinajstić information content (AvgIpc) is 3.14. The number of carbonyl (C=O) groups is 1. The number of anilines is 1. The molecule has 1 N–H and O–H groups in total. The molecule has 0 saturated heterocycles. The maximum Gasteiger partial charge on any atom is 0.268 e. The Balaban J connectivity index is 1.87. The Kier molecular flexibility index (Phi) is 4.69. The van der Waals surface area contributed by atoms with Gasteiger partial charge in [0.1, 0.15) is 15.7 Å². The number of carbonyl (C=O) groups excluding carboxylic acids is 1. The van der Waals surface area contributed by atoms with E-state index in [9.17, 15) is 4.79 Å². The number of aromatic nitrogens is 3. The van der Waals surface area contributed by atoms with Gasteiger partial charge in [-0.3, -0.25) is 4.79 Å². The molecule has 1 amide bonds. The van der Waals surface area contributed by atoms with Crippen molar-refractivity contribution in [2.24, 2.45) is 0 Å². The molecular weight excluding hydrogens is 344 g/mol. The number of nitrogens with zero attached hydrogens (tertiary/aromatic N) is 3. The van der Waals surface area contributed by atoms with Gasteiger partial charge in [0.2, 0.25) is 0 Å². The van der Waals surface area contributed by atoms with Gasteiger partial charge >= 0.3 is 0 Å². The van der Waals surface area contributed by atoms with Crippen LogP contribution in [0, 0.1) is 6.92 Å². The Hall–Kier alpha value is -2.18. The fraction of sp³-hybridized carbons (Fsp3) is 0.235. The monoisotopic (exact) mass is 360 g/mol. The number of benzene rings is 1. The summed E-state index contributed by atoms with van der Waals surface area (Å²) < 4.78 is 1.77. The molecule has 3 rings (SSSR count). The van der Waals surface area contributed by atoms with E-state index < -0.39 is 0 Å². The number of aryl methyl sites for hydroxylation is 1. The first-order chi connectivity index (χ1) is 11.5. The second-order valence-electron chi connectivity index (χ2n) is 5.65.